The van der Waals surface area contributed by atoms with E-state index in [1.54, 1.807) is 24.3 Å². The number of carbonyl (C=O) groups is 2. The number of aromatic amines is 2. The molecule has 172 valence electrons. The van der Waals surface area contributed by atoms with Crippen LogP contribution in [0.4, 0.5) is 0 Å². The molecule has 4 heterocycles. The number of aromatic nitrogens is 4. The fraction of sp³-hybridized carbons (Fsp3) is 0.571. The molecule has 0 radical (unpaired) electrons. The summed E-state index contributed by atoms with van der Waals surface area (Å²) in [7, 11) is 0. The van der Waals surface area contributed by atoms with Gasteiger partial charge in [-0.3, -0.25) is 19.4 Å². The number of hydrogen-bond donors (Lipinski definition) is 3. The summed E-state index contributed by atoms with van der Waals surface area (Å²) in [6.45, 7) is 5.27. The highest BCUT2D eigenvalue weighted by Gasteiger charge is 2.50. The van der Waals surface area contributed by atoms with Gasteiger partial charge in [0.15, 0.2) is 0 Å². The second-order valence-electron chi connectivity index (χ2n) is 8.79. The van der Waals surface area contributed by atoms with Crippen molar-refractivity contribution in [3.63, 3.8) is 0 Å². The Balaban J connectivity index is 1.46. The van der Waals surface area contributed by atoms with E-state index in [1.165, 1.54) is 0 Å². The topological polar surface area (TPSA) is 142 Å². The molecule has 11 nitrogen and oxygen atoms in total. The van der Waals surface area contributed by atoms with Crippen LogP contribution in [0.1, 0.15) is 31.0 Å². The molecule has 0 saturated carbocycles. The van der Waals surface area contributed by atoms with Gasteiger partial charge < -0.3 is 24.5 Å². The van der Waals surface area contributed by atoms with Gasteiger partial charge in [0, 0.05) is 49.4 Å². The highest BCUT2D eigenvalue weighted by Crippen LogP contribution is 2.37. The van der Waals surface area contributed by atoms with E-state index in [2.05, 4.69) is 20.3 Å². The molecule has 2 fully saturated rings. The monoisotopic (exact) mass is 444 g/mol. The largest absolute Gasteiger partial charge is 0.379 e. The Morgan fingerprint density at radius 1 is 1.38 bits per heavy atom. The van der Waals surface area contributed by atoms with Crippen LogP contribution in [0.5, 0.6) is 0 Å². The first-order valence-electron chi connectivity index (χ1n) is 10.7. The highest BCUT2D eigenvalue weighted by molar-refractivity contribution is 5.81. The molecule has 4 rings (SSSR count). The number of imidazole rings is 1. The SMILES string of the molecule is Cc1[nH]c(=O)[nH]c(=O)c1CC(=O)N1CC(NC(=O)C(C)Cn2ccnc2)CC12CCOC2. The molecule has 0 aromatic carbocycles. The first-order chi connectivity index (χ1) is 15.3. The molecule has 2 amide bonds. The highest BCUT2D eigenvalue weighted by atomic mass is 16.5. The molecule has 2 aliphatic rings. The lowest BCUT2D eigenvalue weighted by Gasteiger charge is -2.33. The summed E-state index contributed by atoms with van der Waals surface area (Å²) in [5, 5.41) is 3.08. The lowest BCUT2D eigenvalue weighted by molar-refractivity contribution is -0.135. The summed E-state index contributed by atoms with van der Waals surface area (Å²) < 4.78 is 7.47. The molecular formula is C21H28N6O5. The van der Waals surface area contributed by atoms with Crippen molar-refractivity contribution in [3.8, 4) is 0 Å². The van der Waals surface area contributed by atoms with Gasteiger partial charge in [0.05, 0.1) is 30.8 Å². The number of amides is 2. The number of nitrogens with one attached hydrogen (secondary N) is 3. The molecule has 2 saturated heterocycles. The van der Waals surface area contributed by atoms with Crippen LogP contribution in [0, 0.1) is 12.8 Å². The Labute approximate surface area is 184 Å². The normalized spacial score (nSPS) is 23.6. The molecule has 11 heteroatoms. The van der Waals surface area contributed by atoms with Crippen molar-refractivity contribution >= 4 is 11.8 Å². The summed E-state index contributed by atoms with van der Waals surface area (Å²) in [6.07, 6.45) is 6.30. The molecule has 32 heavy (non-hydrogen) atoms. The lowest BCUT2D eigenvalue weighted by atomic mass is 9.93. The summed E-state index contributed by atoms with van der Waals surface area (Å²) in [4.78, 5) is 60.1. The van der Waals surface area contributed by atoms with Crippen molar-refractivity contribution in [2.45, 2.75) is 51.2 Å². The summed E-state index contributed by atoms with van der Waals surface area (Å²) >= 11 is 0. The van der Waals surface area contributed by atoms with Crippen LogP contribution in [0.15, 0.2) is 28.3 Å². The molecule has 3 N–H and O–H groups in total. The van der Waals surface area contributed by atoms with Gasteiger partial charge in [-0.15, -0.1) is 0 Å². The molecular weight excluding hydrogens is 416 g/mol. The van der Waals surface area contributed by atoms with Crippen molar-refractivity contribution in [3.05, 3.63) is 50.8 Å². The lowest BCUT2D eigenvalue weighted by Crippen LogP contribution is -2.49. The first kappa shape index (κ1) is 22.0. The van der Waals surface area contributed by atoms with Gasteiger partial charge in [-0.1, -0.05) is 6.92 Å². The number of carbonyl (C=O) groups excluding carboxylic acids is 2. The van der Waals surface area contributed by atoms with Crippen LogP contribution in [0.2, 0.25) is 0 Å². The number of likely N-dealkylation sites (tertiary alicyclic amines) is 1. The van der Waals surface area contributed by atoms with E-state index in [1.807, 2.05) is 17.7 Å². The van der Waals surface area contributed by atoms with Crippen molar-refractivity contribution < 1.29 is 14.3 Å². The fourth-order valence-corrected chi connectivity index (χ4v) is 4.70. The van der Waals surface area contributed by atoms with E-state index in [0.717, 1.165) is 0 Å². The average molecular weight is 444 g/mol. The summed E-state index contributed by atoms with van der Waals surface area (Å²) in [6, 6.07) is -0.201. The van der Waals surface area contributed by atoms with E-state index >= 15 is 0 Å². The van der Waals surface area contributed by atoms with E-state index in [4.69, 9.17) is 4.74 Å². The third-order valence-electron chi connectivity index (χ3n) is 6.41. The van der Waals surface area contributed by atoms with Crippen molar-refractivity contribution in [2.24, 2.45) is 5.92 Å². The van der Waals surface area contributed by atoms with Crippen LogP contribution in [-0.4, -0.2) is 67.6 Å². The molecule has 0 bridgehead atoms. The fourth-order valence-electron chi connectivity index (χ4n) is 4.70. The number of hydrogen-bond acceptors (Lipinski definition) is 6. The van der Waals surface area contributed by atoms with Gasteiger partial charge in [-0.05, 0) is 19.8 Å². The third-order valence-corrected chi connectivity index (χ3v) is 6.41. The summed E-state index contributed by atoms with van der Waals surface area (Å²) in [5.41, 5.74) is -1.04. The predicted octanol–water partition coefficient (Wildman–Crippen LogP) is -0.677. The van der Waals surface area contributed by atoms with Gasteiger partial charge in [0.1, 0.15) is 0 Å². The van der Waals surface area contributed by atoms with E-state index in [0.29, 0.717) is 44.8 Å². The molecule has 0 aliphatic carbocycles. The number of aryl methyl sites for hydroxylation is 1. The smallest absolute Gasteiger partial charge is 0.325 e. The third kappa shape index (κ3) is 4.38. The second-order valence-corrected chi connectivity index (χ2v) is 8.79. The van der Waals surface area contributed by atoms with Crippen LogP contribution in [0.3, 0.4) is 0 Å². The van der Waals surface area contributed by atoms with Gasteiger partial charge in [-0.2, -0.15) is 0 Å². The quantitative estimate of drug-likeness (QED) is 0.539. The summed E-state index contributed by atoms with van der Waals surface area (Å²) in [5.74, 6) is -0.563. The molecule has 3 atom stereocenters. The maximum atomic E-state index is 13.2. The molecule has 2 aromatic rings. The number of H-pyrrole nitrogens is 2. The number of rotatable bonds is 6. The Morgan fingerprint density at radius 2 is 2.19 bits per heavy atom. The minimum absolute atomic E-state index is 0.0833. The maximum Gasteiger partial charge on any atom is 0.325 e. The Hall–Kier alpha value is -3.21. The number of nitrogens with zero attached hydrogens (tertiary/aromatic N) is 3. The van der Waals surface area contributed by atoms with Crippen molar-refractivity contribution in [1.82, 2.24) is 29.7 Å². The zero-order chi connectivity index (χ0) is 22.9. The van der Waals surface area contributed by atoms with Gasteiger partial charge >= 0.3 is 5.69 Å². The predicted molar refractivity (Wildman–Crippen MR) is 114 cm³/mol. The minimum atomic E-state index is -0.599. The standard InChI is InChI=1S/C21H28N6O5/c1-13(9-26-5-4-22-12-26)18(29)24-15-8-21(3-6-32-11-21)27(10-15)17(28)7-16-14(2)23-20(31)25-19(16)30/h4-5,12-13,15H,3,6-11H2,1-2H3,(H,24,29)(H2,23,25,30,31). The van der Waals surface area contributed by atoms with E-state index < -0.39 is 16.8 Å². The zero-order valence-electron chi connectivity index (χ0n) is 18.2. The first-order valence-corrected chi connectivity index (χ1v) is 10.7. The van der Waals surface area contributed by atoms with Crippen LogP contribution < -0.4 is 16.6 Å². The molecule has 2 aromatic heterocycles. The van der Waals surface area contributed by atoms with E-state index in [-0.39, 0.29) is 35.8 Å². The number of ether oxygens (including phenoxy) is 1. The van der Waals surface area contributed by atoms with Crippen LogP contribution >= 0.6 is 0 Å². The van der Waals surface area contributed by atoms with Crippen LogP contribution in [0.25, 0.3) is 0 Å². The molecule has 2 aliphatic heterocycles. The van der Waals surface area contributed by atoms with Gasteiger partial charge in [0.25, 0.3) is 5.56 Å². The zero-order valence-corrected chi connectivity index (χ0v) is 18.2. The molecule has 1 spiro atoms. The Morgan fingerprint density at radius 3 is 2.84 bits per heavy atom. The van der Waals surface area contributed by atoms with Crippen LogP contribution in [-0.2, 0) is 27.3 Å². The molecule has 3 unspecified atom stereocenters. The second kappa shape index (κ2) is 8.73. The minimum Gasteiger partial charge on any atom is -0.379 e. The van der Waals surface area contributed by atoms with Crippen molar-refractivity contribution in [2.75, 3.05) is 19.8 Å². The Kier molecular flexibility index (Phi) is 6.00. The van der Waals surface area contributed by atoms with E-state index in [9.17, 15) is 19.2 Å². The van der Waals surface area contributed by atoms with Crippen molar-refractivity contribution in [1.29, 1.82) is 0 Å². The van der Waals surface area contributed by atoms with Gasteiger partial charge in [0.2, 0.25) is 11.8 Å². The maximum absolute atomic E-state index is 13.2. The average Bonchev–Trinajstić information content (AvgIpc) is 3.47. The Bertz CT molecular complexity index is 1100. The van der Waals surface area contributed by atoms with Gasteiger partial charge in [-0.25, -0.2) is 9.78 Å².